The molecule has 0 spiro atoms. The van der Waals surface area contributed by atoms with E-state index in [2.05, 4.69) is 49.9 Å². The average molecular weight is 220 g/mol. The fourth-order valence-corrected chi connectivity index (χ4v) is 1.91. The van der Waals surface area contributed by atoms with Crippen molar-refractivity contribution in [3.63, 3.8) is 0 Å². The van der Waals surface area contributed by atoms with Crippen molar-refractivity contribution in [2.24, 2.45) is 5.73 Å². The summed E-state index contributed by atoms with van der Waals surface area (Å²) in [6.07, 6.45) is 1.18. The van der Waals surface area contributed by atoms with Crippen LogP contribution in [0.25, 0.3) is 0 Å². The van der Waals surface area contributed by atoms with Crippen molar-refractivity contribution in [1.29, 1.82) is 0 Å². The molecule has 1 rings (SSSR count). The Morgan fingerprint density at radius 3 is 2.31 bits per heavy atom. The maximum absolute atomic E-state index is 6.22. The number of hydrogen-bond acceptors (Lipinski definition) is 2. The van der Waals surface area contributed by atoms with Gasteiger partial charge in [-0.15, -0.1) is 0 Å². The molecule has 1 aromatic rings. The zero-order valence-electron chi connectivity index (χ0n) is 10.7. The van der Waals surface area contributed by atoms with Crippen LogP contribution in [-0.4, -0.2) is 24.0 Å². The van der Waals surface area contributed by atoms with Crippen LogP contribution >= 0.6 is 0 Å². The van der Waals surface area contributed by atoms with Crippen LogP contribution in [0.3, 0.4) is 0 Å². The summed E-state index contributed by atoms with van der Waals surface area (Å²) in [6.45, 7) is 8.73. The smallest absolute Gasteiger partial charge is 0.0424 e. The Kier molecular flexibility index (Phi) is 5.50. The molecule has 0 aliphatic carbocycles. The average Bonchev–Trinajstić information content (AvgIpc) is 2.29. The van der Waals surface area contributed by atoms with Crippen LogP contribution in [0.4, 0.5) is 0 Å². The van der Waals surface area contributed by atoms with Gasteiger partial charge in [0.15, 0.2) is 0 Å². The lowest BCUT2D eigenvalue weighted by atomic mass is 10.1. The van der Waals surface area contributed by atoms with Crippen molar-refractivity contribution in [3.05, 3.63) is 35.9 Å². The van der Waals surface area contributed by atoms with Crippen molar-refractivity contribution in [1.82, 2.24) is 4.90 Å². The van der Waals surface area contributed by atoms with E-state index in [1.165, 1.54) is 12.0 Å². The molecule has 0 heterocycles. The van der Waals surface area contributed by atoms with E-state index in [0.717, 1.165) is 13.1 Å². The van der Waals surface area contributed by atoms with Gasteiger partial charge in [-0.25, -0.2) is 0 Å². The summed E-state index contributed by atoms with van der Waals surface area (Å²) >= 11 is 0. The van der Waals surface area contributed by atoms with Crippen molar-refractivity contribution in [2.75, 3.05) is 13.1 Å². The molecule has 0 saturated carbocycles. The van der Waals surface area contributed by atoms with Crippen LogP contribution in [0.1, 0.15) is 38.8 Å². The van der Waals surface area contributed by atoms with Crippen molar-refractivity contribution in [2.45, 2.75) is 39.3 Å². The van der Waals surface area contributed by atoms with Gasteiger partial charge in [0.05, 0.1) is 0 Å². The molecule has 0 saturated heterocycles. The lowest BCUT2D eigenvalue weighted by Gasteiger charge is -2.29. The molecule has 2 nitrogen and oxygen atoms in total. The maximum atomic E-state index is 6.22. The highest BCUT2D eigenvalue weighted by atomic mass is 15.2. The largest absolute Gasteiger partial charge is 0.323 e. The van der Waals surface area contributed by atoms with Gasteiger partial charge in [0.1, 0.15) is 0 Å². The van der Waals surface area contributed by atoms with E-state index >= 15 is 0 Å². The van der Waals surface area contributed by atoms with E-state index in [4.69, 9.17) is 5.73 Å². The molecular weight excluding hydrogens is 196 g/mol. The van der Waals surface area contributed by atoms with Gasteiger partial charge >= 0.3 is 0 Å². The van der Waals surface area contributed by atoms with Crippen LogP contribution in [0.2, 0.25) is 0 Å². The molecule has 16 heavy (non-hydrogen) atoms. The number of benzene rings is 1. The fourth-order valence-electron chi connectivity index (χ4n) is 1.91. The number of nitrogens with two attached hydrogens (primary N) is 1. The molecule has 0 aliphatic heterocycles. The molecule has 2 heteroatoms. The predicted molar refractivity (Wildman–Crippen MR) is 70.4 cm³/mol. The first-order chi connectivity index (χ1) is 7.65. The summed E-state index contributed by atoms with van der Waals surface area (Å²) in [5.74, 6) is 0. The Hall–Kier alpha value is -0.860. The van der Waals surface area contributed by atoms with Gasteiger partial charge in [0, 0.05) is 18.6 Å². The summed E-state index contributed by atoms with van der Waals surface area (Å²) in [5.41, 5.74) is 7.45. The highest BCUT2D eigenvalue weighted by molar-refractivity contribution is 5.18. The normalized spacial score (nSPS) is 13.4. The minimum Gasteiger partial charge on any atom is -0.323 e. The monoisotopic (exact) mass is 220 g/mol. The Bertz CT molecular complexity index is 282. The molecule has 1 atom stereocenters. The van der Waals surface area contributed by atoms with Gasteiger partial charge in [-0.1, -0.05) is 37.3 Å². The second-order valence-electron chi connectivity index (χ2n) is 4.61. The molecule has 2 N–H and O–H groups in total. The fraction of sp³-hybridized carbons (Fsp3) is 0.571. The van der Waals surface area contributed by atoms with E-state index in [0.29, 0.717) is 6.04 Å². The molecule has 0 aromatic heterocycles. The van der Waals surface area contributed by atoms with E-state index in [1.54, 1.807) is 0 Å². The van der Waals surface area contributed by atoms with Gasteiger partial charge in [0.2, 0.25) is 0 Å². The lowest BCUT2D eigenvalue weighted by molar-refractivity contribution is 0.209. The zero-order valence-corrected chi connectivity index (χ0v) is 10.7. The summed E-state index contributed by atoms with van der Waals surface area (Å²) in [7, 11) is 0. The summed E-state index contributed by atoms with van der Waals surface area (Å²) < 4.78 is 0. The SMILES string of the molecule is CCCN(CC(N)c1ccccc1)C(C)C. The van der Waals surface area contributed by atoms with Crippen LogP contribution in [0.5, 0.6) is 0 Å². The van der Waals surface area contributed by atoms with Gasteiger partial charge in [-0.2, -0.15) is 0 Å². The predicted octanol–water partition coefficient (Wildman–Crippen LogP) is 2.81. The molecule has 0 radical (unpaired) electrons. The first kappa shape index (κ1) is 13.2. The highest BCUT2D eigenvalue weighted by Gasteiger charge is 2.13. The van der Waals surface area contributed by atoms with Crippen LogP contribution in [0, 0.1) is 0 Å². The molecule has 0 fully saturated rings. The third-order valence-corrected chi connectivity index (χ3v) is 2.90. The Morgan fingerprint density at radius 2 is 1.81 bits per heavy atom. The summed E-state index contributed by atoms with van der Waals surface area (Å²) in [6, 6.07) is 11.0. The Balaban J connectivity index is 2.58. The summed E-state index contributed by atoms with van der Waals surface area (Å²) in [4.78, 5) is 2.44. The highest BCUT2D eigenvalue weighted by Crippen LogP contribution is 2.13. The molecule has 0 amide bonds. The molecule has 0 bridgehead atoms. The van der Waals surface area contributed by atoms with Crippen molar-refractivity contribution < 1.29 is 0 Å². The minimum absolute atomic E-state index is 0.121. The minimum atomic E-state index is 0.121. The van der Waals surface area contributed by atoms with E-state index in [1.807, 2.05) is 6.07 Å². The standard InChI is InChI=1S/C14H24N2/c1-4-10-16(12(2)3)11-14(15)13-8-6-5-7-9-13/h5-9,12,14H,4,10-11,15H2,1-3H3. The van der Waals surface area contributed by atoms with E-state index in [-0.39, 0.29) is 6.04 Å². The molecular formula is C14H24N2. The Labute approximate surface area is 99.5 Å². The van der Waals surface area contributed by atoms with E-state index in [9.17, 15) is 0 Å². The van der Waals surface area contributed by atoms with Crippen LogP contribution in [0.15, 0.2) is 30.3 Å². The zero-order chi connectivity index (χ0) is 12.0. The van der Waals surface area contributed by atoms with Crippen molar-refractivity contribution >= 4 is 0 Å². The van der Waals surface area contributed by atoms with Gasteiger partial charge in [0.25, 0.3) is 0 Å². The van der Waals surface area contributed by atoms with Gasteiger partial charge < -0.3 is 5.73 Å². The Morgan fingerprint density at radius 1 is 1.19 bits per heavy atom. The first-order valence-electron chi connectivity index (χ1n) is 6.19. The van der Waals surface area contributed by atoms with Crippen LogP contribution < -0.4 is 5.73 Å². The lowest BCUT2D eigenvalue weighted by Crippen LogP contribution is -2.37. The van der Waals surface area contributed by atoms with Gasteiger partial charge in [-0.05, 0) is 32.4 Å². The third-order valence-electron chi connectivity index (χ3n) is 2.90. The molecule has 1 aromatic carbocycles. The quantitative estimate of drug-likeness (QED) is 0.798. The number of nitrogens with zero attached hydrogens (tertiary/aromatic N) is 1. The summed E-state index contributed by atoms with van der Waals surface area (Å²) in [5, 5.41) is 0. The second kappa shape index (κ2) is 6.66. The van der Waals surface area contributed by atoms with E-state index < -0.39 is 0 Å². The number of hydrogen-bond donors (Lipinski definition) is 1. The number of rotatable bonds is 6. The molecule has 1 unspecified atom stereocenters. The second-order valence-corrected chi connectivity index (χ2v) is 4.61. The van der Waals surface area contributed by atoms with Crippen molar-refractivity contribution in [3.8, 4) is 0 Å². The maximum Gasteiger partial charge on any atom is 0.0424 e. The molecule has 0 aliphatic rings. The van der Waals surface area contributed by atoms with Crippen LogP contribution in [-0.2, 0) is 0 Å². The van der Waals surface area contributed by atoms with Gasteiger partial charge in [-0.3, -0.25) is 4.90 Å². The molecule has 90 valence electrons. The first-order valence-corrected chi connectivity index (χ1v) is 6.19. The third kappa shape index (κ3) is 3.95. The topological polar surface area (TPSA) is 29.3 Å².